The van der Waals surface area contributed by atoms with Crippen LogP contribution in [0.15, 0.2) is 30.5 Å². The van der Waals surface area contributed by atoms with Crippen LogP contribution in [0.25, 0.3) is 11.3 Å². The highest BCUT2D eigenvalue weighted by Gasteiger charge is 2.28. The third kappa shape index (κ3) is 4.37. The van der Waals surface area contributed by atoms with Gasteiger partial charge in [-0.25, -0.2) is 0 Å². The Labute approximate surface area is 161 Å². The van der Waals surface area contributed by atoms with Gasteiger partial charge in [0.1, 0.15) is 0 Å². The van der Waals surface area contributed by atoms with Gasteiger partial charge in [-0.2, -0.15) is 5.10 Å². The number of likely N-dealkylation sites (tertiary alicyclic amines) is 1. The molecule has 0 radical (unpaired) electrons. The first-order chi connectivity index (χ1) is 11.3. The number of rotatable bonds is 3. The van der Waals surface area contributed by atoms with Crippen LogP contribution in [0.1, 0.15) is 33.3 Å². The lowest BCUT2D eigenvalue weighted by atomic mass is 10.1. The molecule has 1 aliphatic heterocycles. The molecule has 1 fully saturated rings. The largest absolute Gasteiger partial charge is 0.326 e. The number of halogens is 2. The lowest BCUT2D eigenvalue weighted by Gasteiger charge is -2.19. The molecule has 2 heterocycles. The van der Waals surface area contributed by atoms with E-state index in [0.29, 0.717) is 5.92 Å². The first-order valence-corrected chi connectivity index (χ1v) is 8.95. The predicted molar refractivity (Wildman–Crippen MR) is 107 cm³/mol. The molecular formula is C19H28Cl2N4. The van der Waals surface area contributed by atoms with Crippen molar-refractivity contribution in [3.05, 3.63) is 41.0 Å². The van der Waals surface area contributed by atoms with Gasteiger partial charge in [0.15, 0.2) is 0 Å². The van der Waals surface area contributed by atoms with Crippen LogP contribution in [0.2, 0.25) is 5.02 Å². The van der Waals surface area contributed by atoms with Gasteiger partial charge in [0.25, 0.3) is 0 Å². The first-order valence-electron chi connectivity index (χ1n) is 8.57. The average molecular weight is 383 g/mol. The van der Waals surface area contributed by atoms with Crippen LogP contribution in [0, 0.1) is 5.92 Å². The van der Waals surface area contributed by atoms with Gasteiger partial charge in [-0.3, -0.25) is 9.58 Å². The molecule has 138 valence electrons. The fourth-order valence-corrected chi connectivity index (χ4v) is 3.44. The van der Waals surface area contributed by atoms with Gasteiger partial charge in [0, 0.05) is 43.0 Å². The minimum absolute atomic E-state index is 0. The minimum atomic E-state index is -0.0665. The number of benzene rings is 1. The first kappa shape index (κ1) is 20.2. The van der Waals surface area contributed by atoms with Crippen LogP contribution in [0.4, 0.5) is 0 Å². The number of nitrogens with zero attached hydrogens (tertiary/aromatic N) is 3. The Hall–Kier alpha value is -1.07. The fourth-order valence-electron chi connectivity index (χ4n) is 3.21. The zero-order valence-electron chi connectivity index (χ0n) is 15.4. The van der Waals surface area contributed by atoms with Crippen molar-refractivity contribution in [2.75, 3.05) is 13.1 Å². The second-order valence-corrected chi connectivity index (χ2v) is 8.34. The number of hydrogen-bond acceptors (Lipinski definition) is 3. The maximum absolute atomic E-state index is 6.43. The molecule has 0 spiro atoms. The van der Waals surface area contributed by atoms with Gasteiger partial charge in [-0.05, 0) is 32.8 Å². The Balaban J connectivity index is 0.00000225. The fraction of sp³-hybridized carbons (Fsp3) is 0.526. The summed E-state index contributed by atoms with van der Waals surface area (Å²) in [4.78, 5) is 2.42. The summed E-state index contributed by atoms with van der Waals surface area (Å²) in [5.41, 5.74) is 9.30. The van der Waals surface area contributed by atoms with E-state index in [2.05, 4.69) is 38.8 Å². The van der Waals surface area contributed by atoms with Gasteiger partial charge in [0.2, 0.25) is 0 Å². The van der Waals surface area contributed by atoms with Gasteiger partial charge in [-0.1, -0.05) is 36.7 Å². The topological polar surface area (TPSA) is 47.1 Å². The SMILES string of the molecule is CC1CN(Cc2cn(C(C)(C)C)nc2-c2ccccc2Cl)CC1N.Cl. The lowest BCUT2D eigenvalue weighted by molar-refractivity contribution is 0.317. The molecule has 3 rings (SSSR count). The van der Waals surface area contributed by atoms with Crippen LogP contribution in [-0.2, 0) is 12.1 Å². The molecule has 25 heavy (non-hydrogen) atoms. The van der Waals surface area contributed by atoms with Crippen molar-refractivity contribution >= 4 is 24.0 Å². The van der Waals surface area contributed by atoms with Gasteiger partial charge in [0.05, 0.1) is 16.3 Å². The molecule has 2 unspecified atom stereocenters. The second kappa shape index (κ2) is 7.67. The Morgan fingerprint density at radius 1 is 1.24 bits per heavy atom. The maximum atomic E-state index is 6.43. The Kier molecular flexibility index (Phi) is 6.21. The van der Waals surface area contributed by atoms with Gasteiger partial charge >= 0.3 is 0 Å². The minimum Gasteiger partial charge on any atom is -0.326 e. The van der Waals surface area contributed by atoms with Crippen molar-refractivity contribution in [1.82, 2.24) is 14.7 Å². The Morgan fingerprint density at radius 2 is 1.92 bits per heavy atom. The van der Waals surface area contributed by atoms with Crippen LogP contribution in [0.3, 0.4) is 0 Å². The van der Waals surface area contributed by atoms with Crippen molar-refractivity contribution < 1.29 is 0 Å². The normalized spacial score (nSPS) is 21.4. The van der Waals surface area contributed by atoms with Crippen molar-refractivity contribution in [2.45, 2.75) is 45.8 Å². The zero-order valence-corrected chi connectivity index (χ0v) is 16.9. The van der Waals surface area contributed by atoms with Crippen LogP contribution in [0.5, 0.6) is 0 Å². The molecular weight excluding hydrogens is 355 g/mol. The molecule has 1 aliphatic rings. The molecule has 0 amide bonds. The molecule has 0 aliphatic carbocycles. The number of hydrogen-bond donors (Lipinski definition) is 1. The van der Waals surface area contributed by atoms with E-state index in [-0.39, 0.29) is 24.0 Å². The molecule has 1 aromatic carbocycles. The molecule has 1 saturated heterocycles. The third-order valence-electron chi connectivity index (χ3n) is 4.75. The van der Waals surface area contributed by atoms with Crippen LogP contribution >= 0.6 is 24.0 Å². The summed E-state index contributed by atoms with van der Waals surface area (Å²) in [7, 11) is 0. The maximum Gasteiger partial charge on any atom is 0.0983 e. The number of aromatic nitrogens is 2. The Bertz CT molecular complexity index is 710. The van der Waals surface area contributed by atoms with E-state index in [4.69, 9.17) is 22.4 Å². The lowest BCUT2D eigenvalue weighted by Crippen LogP contribution is -2.28. The summed E-state index contributed by atoms with van der Waals surface area (Å²) in [5, 5.41) is 5.61. The summed E-state index contributed by atoms with van der Waals surface area (Å²) < 4.78 is 2.04. The van der Waals surface area contributed by atoms with E-state index in [1.807, 2.05) is 28.9 Å². The quantitative estimate of drug-likeness (QED) is 0.866. The molecule has 0 bridgehead atoms. The molecule has 1 aromatic heterocycles. The average Bonchev–Trinajstić information content (AvgIpc) is 3.04. The standard InChI is InChI=1S/C19H27ClN4.ClH/c1-13-9-23(12-17(13)21)10-14-11-24(19(2,3)4)22-18(14)15-7-5-6-8-16(15)20;/h5-8,11,13,17H,9-10,12,21H2,1-4H3;1H. The van der Waals surface area contributed by atoms with E-state index < -0.39 is 0 Å². The predicted octanol–water partition coefficient (Wildman–Crippen LogP) is 4.16. The zero-order chi connectivity index (χ0) is 17.5. The van der Waals surface area contributed by atoms with E-state index in [0.717, 1.165) is 35.9 Å². The summed E-state index contributed by atoms with van der Waals surface area (Å²) >= 11 is 6.43. The van der Waals surface area contributed by atoms with Crippen molar-refractivity contribution in [3.8, 4) is 11.3 Å². The molecule has 4 nitrogen and oxygen atoms in total. The van der Waals surface area contributed by atoms with E-state index in [1.165, 1.54) is 5.56 Å². The van der Waals surface area contributed by atoms with Crippen LogP contribution < -0.4 is 5.73 Å². The summed E-state index contributed by atoms with van der Waals surface area (Å²) in [6, 6.07) is 8.18. The Morgan fingerprint density at radius 3 is 2.48 bits per heavy atom. The highest BCUT2D eigenvalue weighted by Crippen LogP contribution is 2.32. The highest BCUT2D eigenvalue weighted by molar-refractivity contribution is 6.33. The van der Waals surface area contributed by atoms with Gasteiger partial charge < -0.3 is 5.73 Å². The van der Waals surface area contributed by atoms with Crippen molar-refractivity contribution in [3.63, 3.8) is 0 Å². The smallest absolute Gasteiger partial charge is 0.0983 e. The third-order valence-corrected chi connectivity index (χ3v) is 5.08. The molecule has 0 saturated carbocycles. The molecule has 2 N–H and O–H groups in total. The molecule has 2 atom stereocenters. The van der Waals surface area contributed by atoms with E-state index >= 15 is 0 Å². The summed E-state index contributed by atoms with van der Waals surface area (Å²) in [6.07, 6.45) is 2.16. The molecule has 2 aromatic rings. The van der Waals surface area contributed by atoms with Gasteiger partial charge in [-0.15, -0.1) is 12.4 Å². The number of nitrogens with two attached hydrogens (primary N) is 1. The summed E-state index contributed by atoms with van der Waals surface area (Å²) in [6.45, 7) is 11.5. The van der Waals surface area contributed by atoms with Crippen LogP contribution in [-0.4, -0.2) is 33.8 Å². The van der Waals surface area contributed by atoms with E-state index in [1.54, 1.807) is 0 Å². The monoisotopic (exact) mass is 382 g/mol. The summed E-state index contributed by atoms with van der Waals surface area (Å²) in [5.74, 6) is 0.534. The molecule has 6 heteroatoms. The highest BCUT2D eigenvalue weighted by atomic mass is 35.5. The van der Waals surface area contributed by atoms with E-state index in [9.17, 15) is 0 Å². The van der Waals surface area contributed by atoms with Crippen molar-refractivity contribution in [2.24, 2.45) is 11.7 Å². The van der Waals surface area contributed by atoms with Crippen molar-refractivity contribution in [1.29, 1.82) is 0 Å². The second-order valence-electron chi connectivity index (χ2n) is 7.93.